The number of halogens is 5. The fourth-order valence-electron chi connectivity index (χ4n) is 4.42. The molecule has 4 heterocycles. The van der Waals surface area contributed by atoms with E-state index in [1.165, 1.54) is 29.5 Å². The minimum atomic E-state index is -2.94. The molecule has 16 heteroatoms. The largest absolute Gasteiger partial charge is 0.618 e. The molecule has 11 nitrogen and oxygen atoms in total. The van der Waals surface area contributed by atoms with E-state index in [1.54, 1.807) is 29.1 Å². The molecule has 0 N–H and O–H groups in total. The molecule has 0 radical (unpaired) electrons. The van der Waals surface area contributed by atoms with Crippen LogP contribution in [0.2, 0.25) is 10.2 Å². The molecular formula is C23H17Cl2F3N10O. The Hall–Kier alpha value is -4.04. The van der Waals surface area contributed by atoms with Gasteiger partial charge in [0.15, 0.2) is 17.2 Å². The molecule has 39 heavy (non-hydrogen) atoms. The third-order valence-electron chi connectivity index (χ3n) is 6.51. The van der Waals surface area contributed by atoms with Gasteiger partial charge in [-0.3, -0.25) is 4.68 Å². The van der Waals surface area contributed by atoms with Gasteiger partial charge in [0, 0.05) is 17.8 Å². The zero-order chi connectivity index (χ0) is 27.3. The van der Waals surface area contributed by atoms with E-state index in [2.05, 4.69) is 30.9 Å². The third kappa shape index (κ3) is 4.69. The lowest BCUT2D eigenvalue weighted by atomic mass is 10.0. The highest BCUT2D eigenvalue weighted by Gasteiger charge is 2.33. The zero-order valence-corrected chi connectivity index (χ0v) is 21.3. The molecule has 0 aliphatic heterocycles. The molecule has 200 valence electrons. The number of aromatic nitrogens is 10. The first kappa shape index (κ1) is 25.2. The fourth-order valence-corrected chi connectivity index (χ4v) is 4.84. The van der Waals surface area contributed by atoms with E-state index in [0.717, 1.165) is 12.8 Å². The van der Waals surface area contributed by atoms with E-state index in [0.29, 0.717) is 38.7 Å². The number of hydrogen-bond donors (Lipinski definition) is 0. The highest BCUT2D eigenvalue weighted by Crippen LogP contribution is 2.40. The maximum absolute atomic E-state index is 15.2. The molecule has 4 aromatic heterocycles. The normalized spacial score (nSPS) is 14.3. The summed E-state index contributed by atoms with van der Waals surface area (Å²) in [7, 11) is 0. The molecule has 1 aromatic carbocycles. The minimum absolute atomic E-state index is 0.0466. The standard InChI is InChI=1S/C23H17Cl2F3N10O/c24-15-4-6-17(36-11-29-32-34-36)19(20(15)26)13-3-5-16(37(39)10-13)18(7-12-1-2-12)35-9-14(8-30-35)21-22(25)38(23(27)28)33-31-21/h3-6,8-12,18,23H,1-2,7H2/t18-/m0/s1. The molecule has 0 bridgehead atoms. The Kier molecular flexibility index (Phi) is 6.43. The number of hydrogen-bond acceptors (Lipinski definition) is 7. The number of rotatable bonds is 8. The molecule has 1 aliphatic carbocycles. The average molecular weight is 577 g/mol. The molecule has 1 atom stereocenters. The molecule has 5 aromatic rings. The first-order valence-corrected chi connectivity index (χ1v) is 12.5. The maximum atomic E-state index is 15.2. The molecule has 1 fully saturated rings. The lowest BCUT2D eigenvalue weighted by Crippen LogP contribution is -2.35. The molecule has 0 unspecified atom stereocenters. The third-order valence-corrected chi connectivity index (χ3v) is 7.16. The van der Waals surface area contributed by atoms with E-state index >= 15 is 4.39 Å². The predicted octanol–water partition coefficient (Wildman–Crippen LogP) is 4.65. The van der Waals surface area contributed by atoms with Gasteiger partial charge in [0.05, 0.1) is 28.0 Å². The maximum Gasteiger partial charge on any atom is 0.335 e. The van der Waals surface area contributed by atoms with Crippen LogP contribution in [0.25, 0.3) is 28.1 Å². The Morgan fingerprint density at radius 1 is 1.10 bits per heavy atom. The SMILES string of the molecule is [O-][n+]1cc(-c2c(-n3cnnn3)ccc(Cl)c2F)ccc1[C@H](CC1CC1)n1cc(-c2nnn(C(F)F)c2Cl)cn1. The Morgan fingerprint density at radius 2 is 1.92 bits per heavy atom. The van der Waals surface area contributed by atoms with Crippen molar-refractivity contribution >= 4 is 23.2 Å². The summed E-state index contributed by atoms with van der Waals surface area (Å²) in [6.07, 6.45) is 8.21. The first-order chi connectivity index (χ1) is 18.8. The van der Waals surface area contributed by atoms with Crippen LogP contribution < -0.4 is 4.73 Å². The van der Waals surface area contributed by atoms with Gasteiger partial charge in [-0.1, -0.05) is 41.3 Å². The van der Waals surface area contributed by atoms with Crippen molar-refractivity contribution in [1.82, 2.24) is 45.0 Å². The fraction of sp³-hybridized carbons (Fsp3) is 0.261. The van der Waals surface area contributed by atoms with E-state index in [4.69, 9.17) is 23.2 Å². The van der Waals surface area contributed by atoms with Crippen LogP contribution in [-0.2, 0) is 0 Å². The number of alkyl halides is 2. The first-order valence-electron chi connectivity index (χ1n) is 11.7. The highest BCUT2D eigenvalue weighted by molar-refractivity contribution is 6.32. The Morgan fingerprint density at radius 3 is 2.59 bits per heavy atom. The van der Waals surface area contributed by atoms with E-state index < -0.39 is 18.4 Å². The zero-order valence-electron chi connectivity index (χ0n) is 19.7. The highest BCUT2D eigenvalue weighted by atomic mass is 35.5. The molecule has 1 aliphatic rings. The van der Waals surface area contributed by atoms with Crippen LogP contribution in [0.15, 0.2) is 49.2 Å². The second-order valence-corrected chi connectivity index (χ2v) is 9.80. The van der Waals surface area contributed by atoms with Crippen molar-refractivity contribution in [3.8, 4) is 28.1 Å². The van der Waals surface area contributed by atoms with Crippen molar-refractivity contribution in [2.75, 3.05) is 0 Å². The Bertz CT molecular complexity index is 1650. The molecule has 0 saturated heterocycles. The predicted molar refractivity (Wildman–Crippen MR) is 132 cm³/mol. The van der Waals surface area contributed by atoms with Crippen LogP contribution in [0.4, 0.5) is 13.2 Å². The van der Waals surface area contributed by atoms with Crippen molar-refractivity contribution in [2.24, 2.45) is 5.92 Å². The second-order valence-electron chi connectivity index (χ2n) is 9.03. The molecule has 6 rings (SSSR count). The van der Waals surface area contributed by atoms with Crippen molar-refractivity contribution in [1.29, 1.82) is 0 Å². The van der Waals surface area contributed by atoms with Gasteiger partial charge in [0.1, 0.15) is 18.1 Å². The van der Waals surface area contributed by atoms with Crippen molar-refractivity contribution in [2.45, 2.75) is 31.9 Å². The Labute approximate surface area is 228 Å². The van der Waals surface area contributed by atoms with Crippen LogP contribution in [0.5, 0.6) is 0 Å². The van der Waals surface area contributed by atoms with Crippen LogP contribution in [0, 0.1) is 16.9 Å². The van der Waals surface area contributed by atoms with Crippen LogP contribution in [-0.4, -0.2) is 45.0 Å². The quantitative estimate of drug-likeness (QED) is 0.195. The minimum Gasteiger partial charge on any atom is -0.618 e. The van der Waals surface area contributed by atoms with Crippen LogP contribution in [0.1, 0.15) is 37.5 Å². The Balaban J connectivity index is 1.39. The van der Waals surface area contributed by atoms with Gasteiger partial charge in [-0.15, -0.1) is 10.2 Å². The van der Waals surface area contributed by atoms with Gasteiger partial charge in [0.25, 0.3) is 0 Å². The van der Waals surface area contributed by atoms with Gasteiger partial charge in [0.2, 0.25) is 5.69 Å². The number of tetrazole rings is 1. The van der Waals surface area contributed by atoms with Gasteiger partial charge in [-0.2, -0.15) is 28.0 Å². The van der Waals surface area contributed by atoms with E-state index in [-0.39, 0.29) is 27.0 Å². The summed E-state index contributed by atoms with van der Waals surface area (Å²) in [5, 5.41) is 35.5. The summed E-state index contributed by atoms with van der Waals surface area (Å²) in [6.45, 7) is -2.94. The van der Waals surface area contributed by atoms with Gasteiger partial charge < -0.3 is 5.21 Å². The van der Waals surface area contributed by atoms with Crippen LogP contribution >= 0.6 is 23.2 Å². The lowest BCUT2D eigenvalue weighted by molar-refractivity contribution is -0.615. The summed E-state index contributed by atoms with van der Waals surface area (Å²) < 4.78 is 45.2. The molecule has 0 amide bonds. The smallest absolute Gasteiger partial charge is 0.335 e. The summed E-state index contributed by atoms with van der Waals surface area (Å²) >= 11 is 12.1. The second kappa shape index (κ2) is 9.93. The topological polar surface area (TPSA) is 119 Å². The van der Waals surface area contributed by atoms with Crippen molar-refractivity contribution < 1.29 is 17.9 Å². The van der Waals surface area contributed by atoms with Gasteiger partial charge >= 0.3 is 6.55 Å². The summed E-state index contributed by atoms with van der Waals surface area (Å²) in [5.41, 5.74) is 1.40. The number of pyridine rings is 1. The van der Waals surface area contributed by atoms with Gasteiger partial charge in [-0.25, -0.2) is 4.39 Å². The van der Waals surface area contributed by atoms with E-state index in [9.17, 15) is 14.0 Å². The average Bonchev–Trinajstić information content (AvgIpc) is 3.27. The monoisotopic (exact) mass is 576 g/mol. The number of nitrogens with zero attached hydrogens (tertiary/aromatic N) is 10. The number of benzene rings is 1. The molecular weight excluding hydrogens is 560 g/mol. The van der Waals surface area contributed by atoms with Crippen molar-refractivity contribution in [3.63, 3.8) is 0 Å². The van der Waals surface area contributed by atoms with Crippen LogP contribution in [0.3, 0.4) is 0 Å². The van der Waals surface area contributed by atoms with Crippen molar-refractivity contribution in [3.05, 3.63) is 76.1 Å². The molecule has 0 spiro atoms. The summed E-state index contributed by atoms with van der Waals surface area (Å²) in [6, 6.07) is 5.65. The van der Waals surface area contributed by atoms with E-state index in [1.807, 2.05) is 0 Å². The summed E-state index contributed by atoms with van der Waals surface area (Å²) in [5.74, 6) is -0.334. The van der Waals surface area contributed by atoms with Gasteiger partial charge in [-0.05, 0) is 41.0 Å². The molecule has 1 saturated carbocycles. The lowest BCUT2D eigenvalue weighted by Gasteiger charge is -2.18. The summed E-state index contributed by atoms with van der Waals surface area (Å²) in [4.78, 5) is 0.